The van der Waals surface area contributed by atoms with Crippen molar-refractivity contribution < 1.29 is 9.53 Å². The molecule has 0 saturated carbocycles. The Morgan fingerprint density at radius 3 is 2.66 bits per heavy atom. The highest BCUT2D eigenvalue weighted by Crippen LogP contribution is 2.39. The largest absolute Gasteiger partial charge is 0.463 e. The topological polar surface area (TPSA) is 50.7 Å². The second-order valence-corrected chi connectivity index (χ2v) is 9.04. The van der Waals surface area contributed by atoms with E-state index in [4.69, 9.17) is 32.9 Å². The van der Waals surface area contributed by atoms with E-state index in [1.165, 1.54) is 16.3 Å². The van der Waals surface area contributed by atoms with Crippen LogP contribution in [0, 0.1) is 0 Å². The fourth-order valence-electron chi connectivity index (χ4n) is 3.71. The number of carbonyl (C=O) groups is 1. The summed E-state index contributed by atoms with van der Waals surface area (Å²) in [5.74, 6) is 0.311. The second-order valence-electron chi connectivity index (χ2n) is 7.29. The highest BCUT2D eigenvalue weighted by Gasteiger charge is 2.32. The van der Waals surface area contributed by atoms with Gasteiger partial charge in [-0.25, -0.2) is 9.79 Å². The predicted molar refractivity (Wildman–Crippen MR) is 134 cm³/mol. The fourth-order valence-corrected chi connectivity index (χ4v) is 5.08. The van der Waals surface area contributed by atoms with Gasteiger partial charge in [0.25, 0.3) is 0 Å². The van der Waals surface area contributed by atoms with Crippen molar-refractivity contribution in [2.45, 2.75) is 25.6 Å². The highest BCUT2D eigenvalue weighted by atomic mass is 35.5. The van der Waals surface area contributed by atoms with E-state index in [1.807, 2.05) is 31.2 Å². The van der Waals surface area contributed by atoms with Gasteiger partial charge < -0.3 is 10.1 Å². The summed E-state index contributed by atoms with van der Waals surface area (Å²) >= 11 is 14.3. The summed E-state index contributed by atoms with van der Waals surface area (Å²) in [6.07, 6.45) is 0. The van der Waals surface area contributed by atoms with Crippen molar-refractivity contribution in [3.05, 3.63) is 93.1 Å². The second kappa shape index (κ2) is 9.99. The number of nitrogens with zero attached hydrogens (tertiary/aromatic N) is 1. The third-order valence-electron chi connectivity index (χ3n) is 5.23. The number of ether oxygens (including phenoxy) is 1. The number of esters is 1. The lowest BCUT2D eigenvalue weighted by molar-refractivity contribution is -0.138. The smallest absolute Gasteiger partial charge is 0.338 e. The van der Waals surface area contributed by atoms with Crippen LogP contribution in [0.25, 0.3) is 10.8 Å². The van der Waals surface area contributed by atoms with Crippen LogP contribution in [-0.2, 0) is 15.3 Å². The zero-order valence-electron chi connectivity index (χ0n) is 17.7. The van der Waals surface area contributed by atoms with Crippen LogP contribution in [0.15, 0.2) is 76.9 Å². The summed E-state index contributed by atoms with van der Waals surface area (Å²) in [6.45, 7) is 3.91. The van der Waals surface area contributed by atoms with Gasteiger partial charge in [-0.05, 0) is 36.2 Å². The van der Waals surface area contributed by atoms with Crippen molar-refractivity contribution in [1.29, 1.82) is 0 Å². The Morgan fingerprint density at radius 1 is 1.09 bits per heavy atom. The molecule has 32 heavy (non-hydrogen) atoms. The van der Waals surface area contributed by atoms with Crippen molar-refractivity contribution in [3.63, 3.8) is 0 Å². The Labute approximate surface area is 201 Å². The number of halogens is 2. The number of rotatable bonds is 5. The van der Waals surface area contributed by atoms with E-state index in [0.29, 0.717) is 32.0 Å². The number of carbonyl (C=O) groups excluding carboxylic acids is 1. The van der Waals surface area contributed by atoms with Crippen LogP contribution in [0.2, 0.25) is 10.0 Å². The van der Waals surface area contributed by atoms with Gasteiger partial charge in [0.1, 0.15) is 6.04 Å². The van der Waals surface area contributed by atoms with E-state index in [1.54, 1.807) is 24.8 Å². The van der Waals surface area contributed by atoms with E-state index in [-0.39, 0.29) is 6.61 Å². The van der Waals surface area contributed by atoms with Crippen molar-refractivity contribution in [2.75, 3.05) is 6.61 Å². The predicted octanol–water partition coefficient (Wildman–Crippen LogP) is 6.92. The van der Waals surface area contributed by atoms with Crippen LogP contribution >= 0.6 is 35.0 Å². The lowest BCUT2D eigenvalue weighted by atomic mass is 9.96. The Kier molecular flexibility index (Phi) is 7.09. The van der Waals surface area contributed by atoms with Crippen LogP contribution in [-0.4, -0.2) is 17.7 Å². The number of thioether (sulfide) groups is 1. The Morgan fingerprint density at radius 2 is 1.84 bits per heavy atom. The van der Waals surface area contributed by atoms with E-state index in [0.717, 1.165) is 5.75 Å². The van der Waals surface area contributed by atoms with E-state index in [9.17, 15) is 4.79 Å². The van der Waals surface area contributed by atoms with Crippen LogP contribution in [0.1, 0.15) is 31.0 Å². The van der Waals surface area contributed by atoms with Crippen molar-refractivity contribution in [2.24, 2.45) is 4.99 Å². The van der Waals surface area contributed by atoms with Crippen LogP contribution in [0.3, 0.4) is 0 Å². The molecule has 164 valence electrons. The number of nitrogens with one attached hydrogen (secondary N) is 1. The molecule has 3 aromatic rings. The molecule has 1 atom stereocenters. The molecule has 0 fully saturated rings. The van der Waals surface area contributed by atoms with E-state index < -0.39 is 12.0 Å². The minimum Gasteiger partial charge on any atom is -0.463 e. The molecule has 0 bridgehead atoms. The number of allylic oxidation sites excluding steroid dienone is 1. The molecule has 7 heteroatoms. The highest BCUT2D eigenvalue weighted by molar-refractivity contribution is 8.13. The summed E-state index contributed by atoms with van der Waals surface area (Å²) in [5.41, 5.74) is 3.02. The molecule has 0 spiro atoms. The maximum atomic E-state index is 12.7. The van der Waals surface area contributed by atoms with Gasteiger partial charge in [-0.1, -0.05) is 89.6 Å². The molecular weight excluding hydrogens is 463 g/mol. The fraction of sp³-hybridized carbons (Fsp3) is 0.200. The number of hydrogen-bond acceptors (Lipinski definition) is 5. The standard InChI is InChI=1S/C25H22Cl2N2O2S/c1-3-31-24(30)21-15(2)28-25(29-23(21)19-12-7-13-20(26)22(19)27)32-14-17-10-6-9-16-8-4-5-11-18(16)17/h4-13,23H,3,14H2,1-2H3,(H,28,29)/t23-/m0/s1. The minimum absolute atomic E-state index is 0.276. The van der Waals surface area contributed by atoms with Crippen LogP contribution in [0.4, 0.5) is 0 Å². The van der Waals surface area contributed by atoms with Gasteiger partial charge in [-0.15, -0.1) is 0 Å². The molecule has 1 aliphatic heterocycles. The maximum absolute atomic E-state index is 12.7. The summed E-state index contributed by atoms with van der Waals surface area (Å²) in [7, 11) is 0. The summed E-state index contributed by atoms with van der Waals surface area (Å²) in [6, 6.07) is 19.4. The Balaban J connectivity index is 1.67. The zero-order chi connectivity index (χ0) is 22.7. The van der Waals surface area contributed by atoms with E-state index in [2.05, 4.69) is 35.6 Å². The average molecular weight is 485 g/mol. The number of amidine groups is 1. The van der Waals surface area contributed by atoms with Crippen molar-refractivity contribution in [3.8, 4) is 0 Å². The van der Waals surface area contributed by atoms with Gasteiger partial charge in [-0.2, -0.15) is 0 Å². The normalized spacial score (nSPS) is 16.0. The molecule has 0 saturated heterocycles. The first kappa shape index (κ1) is 22.7. The molecule has 3 aromatic carbocycles. The summed E-state index contributed by atoms with van der Waals surface area (Å²) < 4.78 is 5.30. The molecule has 4 rings (SSSR count). The first-order valence-electron chi connectivity index (χ1n) is 10.3. The molecule has 4 nitrogen and oxygen atoms in total. The number of benzene rings is 3. The lowest BCUT2D eigenvalue weighted by Gasteiger charge is -2.26. The summed E-state index contributed by atoms with van der Waals surface area (Å²) in [5, 5.41) is 7.21. The van der Waals surface area contributed by atoms with Gasteiger partial charge in [0.05, 0.1) is 22.2 Å². The monoisotopic (exact) mass is 484 g/mol. The number of hydrogen-bond donors (Lipinski definition) is 1. The molecule has 1 aliphatic rings. The molecule has 0 aromatic heterocycles. The minimum atomic E-state index is -0.600. The van der Waals surface area contributed by atoms with Crippen LogP contribution < -0.4 is 5.32 Å². The molecule has 1 N–H and O–H groups in total. The van der Waals surface area contributed by atoms with E-state index >= 15 is 0 Å². The van der Waals surface area contributed by atoms with Gasteiger partial charge >= 0.3 is 5.97 Å². The number of fused-ring (bicyclic) bond motifs is 1. The van der Waals surface area contributed by atoms with Gasteiger partial charge in [0.2, 0.25) is 0 Å². The number of aliphatic imine (C=N–C) groups is 1. The van der Waals surface area contributed by atoms with Crippen molar-refractivity contribution >= 4 is 56.9 Å². The SMILES string of the molecule is CCOC(=O)C1=C(C)NC(SCc2cccc3ccccc23)=N[C@H]1c1cccc(Cl)c1Cl. The third kappa shape index (κ3) is 4.65. The van der Waals surface area contributed by atoms with Crippen molar-refractivity contribution in [1.82, 2.24) is 5.32 Å². The Bertz CT molecular complexity index is 1230. The molecule has 0 aliphatic carbocycles. The molecular formula is C25H22Cl2N2O2S. The van der Waals surface area contributed by atoms with Gasteiger partial charge in [-0.3, -0.25) is 0 Å². The van der Waals surface area contributed by atoms with Gasteiger partial charge in [0.15, 0.2) is 5.17 Å². The first-order chi connectivity index (χ1) is 15.5. The lowest BCUT2D eigenvalue weighted by Crippen LogP contribution is -2.30. The first-order valence-corrected chi connectivity index (χ1v) is 12.0. The molecule has 0 amide bonds. The zero-order valence-corrected chi connectivity index (χ0v) is 20.0. The average Bonchev–Trinajstić information content (AvgIpc) is 2.79. The van der Waals surface area contributed by atoms with Crippen LogP contribution in [0.5, 0.6) is 0 Å². The third-order valence-corrected chi connectivity index (χ3v) is 7.00. The summed E-state index contributed by atoms with van der Waals surface area (Å²) in [4.78, 5) is 17.6. The Hall–Kier alpha value is -2.47. The maximum Gasteiger partial charge on any atom is 0.338 e. The quantitative estimate of drug-likeness (QED) is 0.399. The van der Waals surface area contributed by atoms with Gasteiger partial charge in [0, 0.05) is 17.0 Å². The molecule has 0 radical (unpaired) electrons. The molecule has 1 heterocycles. The molecule has 0 unspecified atom stereocenters.